The Morgan fingerprint density at radius 1 is 1.09 bits per heavy atom. The van der Waals surface area contributed by atoms with Crippen molar-refractivity contribution in [3.8, 4) is 28.1 Å². The molecule has 0 saturated carbocycles. The van der Waals surface area contributed by atoms with Gasteiger partial charge in [0.05, 0.1) is 24.6 Å². The Bertz CT molecular complexity index is 1080. The van der Waals surface area contributed by atoms with Crippen LogP contribution in [0.15, 0.2) is 36.8 Å². The second-order valence-corrected chi connectivity index (χ2v) is 9.50. The minimum absolute atomic E-state index is 0. The minimum atomic E-state index is 0. The summed E-state index contributed by atoms with van der Waals surface area (Å²) >= 11 is 0. The van der Waals surface area contributed by atoms with E-state index in [-0.39, 0.29) is 18.2 Å². The van der Waals surface area contributed by atoms with Crippen molar-refractivity contribution in [1.82, 2.24) is 30.7 Å². The van der Waals surface area contributed by atoms with E-state index in [1.165, 1.54) is 12.8 Å². The molecule has 0 radical (unpaired) electrons. The van der Waals surface area contributed by atoms with Gasteiger partial charge in [-0.3, -0.25) is 5.10 Å². The zero-order valence-corrected chi connectivity index (χ0v) is 19.7. The predicted molar refractivity (Wildman–Crippen MR) is 131 cm³/mol. The third-order valence-electron chi connectivity index (χ3n) is 7.21. The number of hydrogen-bond acceptors (Lipinski definition) is 8. The van der Waals surface area contributed by atoms with Crippen molar-refractivity contribution < 1.29 is 9.84 Å². The summed E-state index contributed by atoms with van der Waals surface area (Å²) in [6, 6.07) is 6.06. The van der Waals surface area contributed by atoms with Crippen molar-refractivity contribution in [3.63, 3.8) is 0 Å². The van der Waals surface area contributed by atoms with E-state index in [4.69, 9.17) is 4.74 Å². The fourth-order valence-corrected chi connectivity index (χ4v) is 5.41. The highest BCUT2D eigenvalue weighted by Gasteiger charge is 2.35. The molecular weight excluding hydrogens is 454 g/mol. The molecule has 3 N–H and O–H groups in total. The molecule has 3 saturated heterocycles. The Morgan fingerprint density at radius 2 is 1.94 bits per heavy atom. The average Bonchev–Trinajstić information content (AvgIpc) is 3.60. The van der Waals surface area contributed by atoms with Crippen molar-refractivity contribution in [2.75, 3.05) is 24.5 Å². The fraction of sp³-hybridized carbons (Fsp3) is 0.500. The lowest BCUT2D eigenvalue weighted by molar-refractivity contribution is -0.00904. The van der Waals surface area contributed by atoms with Gasteiger partial charge in [0.2, 0.25) is 5.95 Å². The van der Waals surface area contributed by atoms with Crippen LogP contribution < -0.4 is 10.2 Å². The van der Waals surface area contributed by atoms with E-state index in [9.17, 15) is 5.11 Å². The van der Waals surface area contributed by atoms with E-state index >= 15 is 0 Å². The van der Waals surface area contributed by atoms with E-state index < -0.39 is 0 Å². The molecule has 5 heterocycles. The van der Waals surface area contributed by atoms with Crippen LogP contribution in [0.25, 0.3) is 22.4 Å². The first-order valence-corrected chi connectivity index (χ1v) is 11.9. The number of anilines is 1. The number of nitrogens with zero attached hydrogens (tertiary/aromatic N) is 5. The van der Waals surface area contributed by atoms with Crippen LogP contribution in [-0.2, 0) is 4.74 Å². The Kier molecular flexibility index (Phi) is 6.67. The van der Waals surface area contributed by atoms with Gasteiger partial charge in [-0.2, -0.15) is 5.10 Å². The summed E-state index contributed by atoms with van der Waals surface area (Å²) in [7, 11) is 0. The molecule has 3 aromatic rings. The summed E-state index contributed by atoms with van der Waals surface area (Å²) in [5, 5.41) is 29.8. The number of halogens is 1. The van der Waals surface area contributed by atoms with Crippen LogP contribution in [-0.4, -0.2) is 68.4 Å². The molecule has 9 nitrogen and oxygen atoms in total. The first-order chi connectivity index (χ1) is 16.2. The maximum atomic E-state index is 10.5. The van der Waals surface area contributed by atoms with Crippen molar-refractivity contribution in [1.29, 1.82) is 0 Å². The normalized spacial score (nSPS) is 25.9. The quantitative estimate of drug-likeness (QED) is 0.490. The van der Waals surface area contributed by atoms with Crippen LogP contribution in [0, 0.1) is 5.92 Å². The lowest BCUT2D eigenvalue weighted by Crippen LogP contribution is -2.41. The smallest absolute Gasteiger partial charge is 0.245 e. The largest absolute Gasteiger partial charge is 0.507 e. The number of aromatic nitrogens is 5. The lowest BCUT2D eigenvalue weighted by atomic mass is 10.0. The molecule has 3 aliphatic heterocycles. The van der Waals surface area contributed by atoms with E-state index in [1.807, 2.05) is 12.1 Å². The highest BCUT2D eigenvalue weighted by atomic mass is 35.5. The summed E-state index contributed by atoms with van der Waals surface area (Å²) in [5.41, 5.74) is 2.97. The number of aromatic amines is 1. The summed E-state index contributed by atoms with van der Waals surface area (Å²) in [6.07, 6.45) is 12.0. The Hall–Kier alpha value is -2.75. The fourth-order valence-electron chi connectivity index (χ4n) is 5.41. The van der Waals surface area contributed by atoms with E-state index in [2.05, 4.69) is 35.6 Å². The summed E-state index contributed by atoms with van der Waals surface area (Å²) < 4.78 is 5.95. The van der Waals surface area contributed by atoms with Gasteiger partial charge in [-0.1, -0.05) is 6.07 Å². The van der Waals surface area contributed by atoms with Gasteiger partial charge in [0.1, 0.15) is 11.4 Å². The molecule has 0 aliphatic carbocycles. The number of phenols is 1. The van der Waals surface area contributed by atoms with Gasteiger partial charge in [0.25, 0.3) is 0 Å². The Balaban J connectivity index is 0.00000241. The molecule has 6 rings (SSSR count). The number of H-pyrrole nitrogens is 1. The summed E-state index contributed by atoms with van der Waals surface area (Å²) in [5.74, 6) is 1.39. The highest BCUT2D eigenvalue weighted by Crippen LogP contribution is 2.33. The SMILES string of the molecule is Cl.Oc1cc(-c2cn[nH]c2)ccc1-c1cnc(N2CCC(CNC3CC4CCC(C3)O4)C2)nn1. The molecule has 10 heteroatoms. The van der Waals surface area contributed by atoms with Gasteiger partial charge < -0.3 is 20.1 Å². The number of aromatic hydroxyl groups is 1. The van der Waals surface area contributed by atoms with Crippen LogP contribution in [0.5, 0.6) is 5.75 Å². The third kappa shape index (κ3) is 4.73. The van der Waals surface area contributed by atoms with Crippen LogP contribution in [0.3, 0.4) is 0 Å². The van der Waals surface area contributed by atoms with Gasteiger partial charge in [-0.15, -0.1) is 22.6 Å². The van der Waals surface area contributed by atoms with Gasteiger partial charge in [0, 0.05) is 36.5 Å². The molecule has 2 bridgehead atoms. The number of rotatable bonds is 6. The van der Waals surface area contributed by atoms with Gasteiger partial charge in [0.15, 0.2) is 0 Å². The Morgan fingerprint density at radius 3 is 2.65 bits per heavy atom. The molecular formula is C24H30ClN7O2. The molecule has 34 heavy (non-hydrogen) atoms. The van der Waals surface area contributed by atoms with Crippen LogP contribution in [0.4, 0.5) is 5.95 Å². The van der Waals surface area contributed by atoms with Crippen LogP contribution >= 0.6 is 12.4 Å². The third-order valence-corrected chi connectivity index (χ3v) is 7.21. The molecule has 3 aliphatic rings. The van der Waals surface area contributed by atoms with E-state index in [1.54, 1.807) is 24.7 Å². The molecule has 2 aromatic heterocycles. The summed E-state index contributed by atoms with van der Waals surface area (Å²) in [4.78, 5) is 6.76. The molecule has 0 amide bonds. The van der Waals surface area contributed by atoms with Gasteiger partial charge >= 0.3 is 0 Å². The summed E-state index contributed by atoms with van der Waals surface area (Å²) in [6.45, 7) is 2.91. The molecule has 1 aromatic carbocycles. The average molecular weight is 484 g/mol. The maximum absolute atomic E-state index is 10.5. The molecule has 3 unspecified atom stereocenters. The first-order valence-electron chi connectivity index (χ1n) is 11.9. The van der Waals surface area contributed by atoms with Crippen molar-refractivity contribution in [2.24, 2.45) is 5.92 Å². The monoisotopic (exact) mass is 483 g/mol. The van der Waals surface area contributed by atoms with Gasteiger partial charge in [-0.25, -0.2) is 4.98 Å². The zero-order chi connectivity index (χ0) is 22.2. The Labute approximate surface area is 204 Å². The minimum Gasteiger partial charge on any atom is -0.507 e. The second-order valence-electron chi connectivity index (χ2n) is 9.50. The second kappa shape index (κ2) is 9.85. The number of ether oxygens (including phenoxy) is 1. The predicted octanol–water partition coefficient (Wildman–Crippen LogP) is 3.18. The van der Waals surface area contributed by atoms with Crippen LogP contribution in [0.2, 0.25) is 0 Å². The number of nitrogens with one attached hydrogen (secondary N) is 2. The molecule has 3 atom stereocenters. The number of phenolic OH excluding ortho intramolecular Hbond substituents is 1. The maximum Gasteiger partial charge on any atom is 0.245 e. The standard InChI is InChI=1S/C24H29N7O2.ClH/c32-23-7-16(17-11-27-28-12-17)1-4-21(23)22-13-26-24(30-29-22)31-6-5-15(14-31)10-25-18-8-19-2-3-20(9-18)33-19;/h1,4,7,11-13,15,18-20,25,32H,2-3,5-6,8-10,14H2,(H,27,28);1H. The topological polar surface area (TPSA) is 112 Å². The number of hydrogen-bond donors (Lipinski definition) is 3. The zero-order valence-electron chi connectivity index (χ0n) is 18.9. The van der Waals surface area contributed by atoms with E-state index in [0.29, 0.717) is 41.4 Å². The highest BCUT2D eigenvalue weighted by molar-refractivity contribution is 5.85. The van der Waals surface area contributed by atoms with Crippen molar-refractivity contribution in [2.45, 2.75) is 50.4 Å². The van der Waals surface area contributed by atoms with Gasteiger partial charge in [-0.05, 0) is 62.3 Å². The molecule has 180 valence electrons. The van der Waals surface area contributed by atoms with E-state index in [0.717, 1.165) is 50.0 Å². The lowest BCUT2D eigenvalue weighted by Gasteiger charge is -2.30. The van der Waals surface area contributed by atoms with Crippen molar-refractivity contribution >= 4 is 18.4 Å². The van der Waals surface area contributed by atoms with Crippen LogP contribution in [0.1, 0.15) is 32.1 Å². The number of fused-ring (bicyclic) bond motifs is 2. The van der Waals surface area contributed by atoms with Crippen molar-refractivity contribution in [3.05, 3.63) is 36.8 Å². The molecule has 3 fully saturated rings. The number of benzene rings is 1. The molecule has 0 spiro atoms. The first kappa shape index (κ1) is 23.0.